The maximum Gasteiger partial charge on any atom is 0.250 e. The smallest absolute Gasteiger partial charge is 0.250 e. The van der Waals surface area contributed by atoms with E-state index in [-0.39, 0.29) is 18.4 Å². The van der Waals surface area contributed by atoms with Gasteiger partial charge in [0.2, 0.25) is 0 Å². The van der Waals surface area contributed by atoms with Crippen molar-refractivity contribution in [1.29, 1.82) is 0 Å². The summed E-state index contributed by atoms with van der Waals surface area (Å²) in [5.41, 5.74) is 0.761. The summed E-state index contributed by atoms with van der Waals surface area (Å²) in [6.07, 6.45) is -2.38. The first-order valence-electron chi connectivity index (χ1n) is 4.47. The standard InChI is InChI=1S/C10H11BrF3N/c1-6(15-5-10(13)14)8-3-2-7(12)4-9(8)11/h2-4,6,10,15H,5H2,1H3. The van der Waals surface area contributed by atoms with Gasteiger partial charge in [0.05, 0.1) is 6.54 Å². The maximum atomic E-state index is 12.8. The molecule has 0 aliphatic rings. The summed E-state index contributed by atoms with van der Waals surface area (Å²) in [6.45, 7) is 1.38. The van der Waals surface area contributed by atoms with Gasteiger partial charge in [0.15, 0.2) is 0 Å². The van der Waals surface area contributed by atoms with Gasteiger partial charge in [-0.15, -0.1) is 0 Å². The van der Waals surface area contributed by atoms with Gasteiger partial charge in [0.1, 0.15) is 5.82 Å². The van der Waals surface area contributed by atoms with Crippen LogP contribution in [0.15, 0.2) is 22.7 Å². The third-order valence-corrected chi connectivity index (χ3v) is 2.69. The van der Waals surface area contributed by atoms with E-state index in [0.717, 1.165) is 5.56 Å². The average Bonchev–Trinajstić information content (AvgIpc) is 2.14. The second-order valence-electron chi connectivity index (χ2n) is 3.19. The quantitative estimate of drug-likeness (QED) is 0.891. The lowest BCUT2D eigenvalue weighted by molar-refractivity contribution is 0.142. The number of halogens is 4. The van der Waals surface area contributed by atoms with Crippen LogP contribution in [0, 0.1) is 5.82 Å². The molecule has 0 aromatic heterocycles. The molecule has 0 amide bonds. The van der Waals surface area contributed by atoms with Crippen molar-refractivity contribution < 1.29 is 13.2 Å². The monoisotopic (exact) mass is 281 g/mol. The Kier molecular flexibility index (Phi) is 4.60. The van der Waals surface area contributed by atoms with Crippen LogP contribution in [0.1, 0.15) is 18.5 Å². The lowest BCUT2D eigenvalue weighted by Crippen LogP contribution is -2.24. The predicted molar refractivity (Wildman–Crippen MR) is 56.5 cm³/mol. The van der Waals surface area contributed by atoms with Gasteiger partial charge in [-0.2, -0.15) is 0 Å². The van der Waals surface area contributed by atoms with Crippen LogP contribution in [-0.4, -0.2) is 13.0 Å². The molecule has 0 heterocycles. The summed E-state index contributed by atoms with van der Waals surface area (Å²) in [4.78, 5) is 0. The van der Waals surface area contributed by atoms with E-state index in [1.807, 2.05) is 0 Å². The zero-order valence-corrected chi connectivity index (χ0v) is 9.69. The van der Waals surface area contributed by atoms with Crippen LogP contribution < -0.4 is 5.32 Å². The van der Waals surface area contributed by atoms with Crippen molar-refractivity contribution in [2.24, 2.45) is 0 Å². The number of alkyl halides is 2. The number of benzene rings is 1. The molecule has 1 nitrogen and oxygen atoms in total. The summed E-state index contributed by atoms with van der Waals surface area (Å²) < 4.78 is 37.2. The Labute approximate surface area is 94.8 Å². The summed E-state index contributed by atoms with van der Waals surface area (Å²) in [5.74, 6) is -0.355. The summed E-state index contributed by atoms with van der Waals surface area (Å²) in [5, 5.41) is 2.66. The zero-order valence-electron chi connectivity index (χ0n) is 8.11. The Morgan fingerprint density at radius 1 is 1.40 bits per heavy atom. The Morgan fingerprint density at radius 2 is 2.07 bits per heavy atom. The fraction of sp³-hybridized carbons (Fsp3) is 0.400. The van der Waals surface area contributed by atoms with Crippen molar-refractivity contribution in [3.63, 3.8) is 0 Å². The van der Waals surface area contributed by atoms with E-state index >= 15 is 0 Å². The van der Waals surface area contributed by atoms with E-state index in [9.17, 15) is 13.2 Å². The van der Waals surface area contributed by atoms with Crippen LogP contribution in [0.2, 0.25) is 0 Å². The molecule has 0 aliphatic carbocycles. The van der Waals surface area contributed by atoms with E-state index in [1.165, 1.54) is 12.1 Å². The first-order chi connectivity index (χ1) is 7.00. The highest BCUT2D eigenvalue weighted by molar-refractivity contribution is 9.10. The molecule has 1 rings (SSSR count). The Balaban J connectivity index is 2.69. The van der Waals surface area contributed by atoms with E-state index in [2.05, 4.69) is 21.2 Å². The van der Waals surface area contributed by atoms with Crippen LogP contribution in [0.3, 0.4) is 0 Å². The molecular formula is C10H11BrF3N. The molecule has 1 N–H and O–H groups in total. The van der Waals surface area contributed by atoms with Gasteiger partial charge in [-0.1, -0.05) is 22.0 Å². The lowest BCUT2D eigenvalue weighted by atomic mass is 10.1. The summed E-state index contributed by atoms with van der Waals surface area (Å²) >= 11 is 3.19. The predicted octanol–water partition coefficient (Wildman–Crippen LogP) is 3.50. The minimum atomic E-state index is -2.38. The Morgan fingerprint density at radius 3 is 2.60 bits per heavy atom. The SMILES string of the molecule is CC(NCC(F)F)c1ccc(F)cc1Br. The molecule has 1 aromatic carbocycles. The Hall–Kier alpha value is -0.550. The van der Waals surface area contributed by atoms with Crippen molar-refractivity contribution in [3.05, 3.63) is 34.1 Å². The Bertz CT molecular complexity index is 330. The molecule has 15 heavy (non-hydrogen) atoms. The van der Waals surface area contributed by atoms with Crippen LogP contribution in [0.5, 0.6) is 0 Å². The van der Waals surface area contributed by atoms with Gasteiger partial charge in [-0.05, 0) is 24.6 Å². The molecule has 0 radical (unpaired) electrons. The van der Waals surface area contributed by atoms with E-state index in [0.29, 0.717) is 4.47 Å². The maximum absolute atomic E-state index is 12.8. The first kappa shape index (κ1) is 12.5. The minimum absolute atomic E-state index is 0.242. The molecule has 0 saturated heterocycles. The fourth-order valence-electron chi connectivity index (χ4n) is 1.23. The third kappa shape index (κ3) is 3.83. The van der Waals surface area contributed by atoms with Crippen LogP contribution in [0.4, 0.5) is 13.2 Å². The third-order valence-electron chi connectivity index (χ3n) is 2.01. The summed E-state index contributed by atoms with van der Waals surface area (Å²) in [7, 11) is 0. The van der Waals surface area contributed by atoms with Gasteiger partial charge >= 0.3 is 0 Å². The van der Waals surface area contributed by atoms with Crippen molar-refractivity contribution in [2.45, 2.75) is 19.4 Å². The largest absolute Gasteiger partial charge is 0.305 e. The van der Waals surface area contributed by atoms with Crippen LogP contribution >= 0.6 is 15.9 Å². The number of nitrogens with one attached hydrogen (secondary N) is 1. The second kappa shape index (κ2) is 5.51. The topological polar surface area (TPSA) is 12.0 Å². The highest BCUT2D eigenvalue weighted by Crippen LogP contribution is 2.24. The molecule has 0 spiro atoms. The molecule has 1 atom stereocenters. The van der Waals surface area contributed by atoms with Crippen molar-refractivity contribution in [1.82, 2.24) is 5.32 Å². The molecule has 5 heteroatoms. The number of rotatable bonds is 4. The van der Waals surface area contributed by atoms with Gasteiger partial charge in [-0.3, -0.25) is 0 Å². The van der Waals surface area contributed by atoms with Crippen molar-refractivity contribution >= 4 is 15.9 Å². The first-order valence-corrected chi connectivity index (χ1v) is 5.26. The molecule has 1 unspecified atom stereocenters. The molecule has 84 valence electrons. The minimum Gasteiger partial charge on any atom is -0.305 e. The van der Waals surface area contributed by atoms with Gasteiger partial charge in [0.25, 0.3) is 6.43 Å². The average molecular weight is 282 g/mol. The van der Waals surface area contributed by atoms with E-state index < -0.39 is 6.43 Å². The molecule has 0 saturated carbocycles. The van der Waals surface area contributed by atoms with Crippen molar-refractivity contribution in [2.75, 3.05) is 6.54 Å². The van der Waals surface area contributed by atoms with Crippen LogP contribution in [0.25, 0.3) is 0 Å². The van der Waals surface area contributed by atoms with Gasteiger partial charge in [-0.25, -0.2) is 13.2 Å². The zero-order chi connectivity index (χ0) is 11.4. The highest BCUT2D eigenvalue weighted by atomic mass is 79.9. The number of hydrogen-bond acceptors (Lipinski definition) is 1. The summed E-state index contributed by atoms with van der Waals surface area (Å²) in [6, 6.07) is 3.95. The molecule has 1 aromatic rings. The molecule has 0 bridgehead atoms. The van der Waals surface area contributed by atoms with E-state index in [4.69, 9.17) is 0 Å². The highest BCUT2D eigenvalue weighted by Gasteiger charge is 2.11. The molecule has 0 aliphatic heterocycles. The lowest BCUT2D eigenvalue weighted by Gasteiger charge is -2.15. The second-order valence-corrected chi connectivity index (χ2v) is 4.04. The normalized spacial score (nSPS) is 13.2. The van der Waals surface area contributed by atoms with Crippen molar-refractivity contribution in [3.8, 4) is 0 Å². The fourth-order valence-corrected chi connectivity index (χ4v) is 1.92. The van der Waals surface area contributed by atoms with Gasteiger partial charge < -0.3 is 5.32 Å². The molecular weight excluding hydrogens is 271 g/mol. The number of hydrogen-bond donors (Lipinski definition) is 1. The molecule has 0 fully saturated rings. The van der Waals surface area contributed by atoms with E-state index in [1.54, 1.807) is 13.0 Å². The van der Waals surface area contributed by atoms with Gasteiger partial charge in [0, 0.05) is 10.5 Å². The van der Waals surface area contributed by atoms with Crippen LogP contribution in [-0.2, 0) is 0 Å².